The number of benzene rings is 1. The first-order valence-corrected chi connectivity index (χ1v) is 11.7. The van der Waals surface area contributed by atoms with Gasteiger partial charge in [0.15, 0.2) is 11.7 Å². The van der Waals surface area contributed by atoms with E-state index in [4.69, 9.17) is 13.9 Å². The Kier molecular flexibility index (Phi) is 13.0. The third kappa shape index (κ3) is 8.17. The predicted octanol–water partition coefficient (Wildman–Crippen LogP) is 4.80. The van der Waals surface area contributed by atoms with E-state index in [2.05, 4.69) is 10.7 Å². The van der Waals surface area contributed by atoms with Crippen molar-refractivity contribution < 1.29 is 18.7 Å². The molecule has 2 aromatic heterocycles. The summed E-state index contributed by atoms with van der Waals surface area (Å²) in [5.41, 5.74) is 5.73. The number of fused-ring (bicyclic) bond motifs is 1. The van der Waals surface area contributed by atoms with Crippen LogP contribution in [0.3, 0.4) is 0 Å². The van der Waals surface area contributed by atoms with Crippen molar-refractivity contribution in [1.29, 1.82) is 0 Å². The van der Waals surface area contributed by atoms with Crippen LogP contribution in [0.1, 0.15) is 65.2 Å². The number of methoxy groups -OCH3 is 1. The van der Waals surface area contributed by atoms with Crippen molar-refractivity contribution in [3.05, 3.63) is 46.7 Å². The highest BCUT2D eigenvalue weighted by Crippen LogP contribution is 2.34. The molecule has 3 rings (SSSR count). The third-order valence-corrected chi connectivity index (χ3v) is 5.26. The summed E-state index contributed by atoms with van der Waals surface area (Å²) in [5, 5.41) is 0.933. The summed E-state index contributed by atoms with van der Waals surface area (Å²) in [5.74, 6) is 2.34. The van der Waals surface area contributed by atoms with Crippen LogP contribution in [-0.2, 0) is 23.1 Å². The number of aromatic nitrogens is 2. The number of unbranched alkanes of at least 4 members (excludes halogenated alkanes) is 3. The Labute approximate surface area is 201 Å². The van der Waals surface area contributed by atoms with Crippen LogP contribution >= 0.6 is 0 Å². The summed E-state index contributed by atoms with van der Waals surface area (Å²) in [6.07, 6.45) is 8.11. The summed E-state index contributed by atoms with van der Waals surface area (Å²) in [6.45, 7) is 5.91. The van der Waals surface area contributed by atoms with Crippen molar-refractivity contribution in [2.45, 2.75) is 65.7 Å². The van der Waals surface area contributed by atoms with Gasteiger partial charge < -0.3 is 19.5 Å². The number of pyridine rings is 1. The quantitative estimate of drug-likeness (QED) is 0.335. The number of ether oxygens (including phenoxy) is 1. The van der Waals surface area contributed by atoms with Gasteiger partial charge in [0.25, 0.3) is 5.56 Å². The van der Waals surface area contributed by atoms with Gasteiger partial charge in [0.05, 0.1) is 24.4 Å². The molecule has 1 amide bonds. The number of nitrogens with zero attached hydrogens (tertiary/aromatic N) is 2. The molecule has 0 bridgehead atoms. The zero-order valence-electron chi connectivity index (χ0n) is 20.9. The van der Waals surface area contributed by atoms with Crippen LogP contribution in [0, 0.1) is 0 Å². The van der Waals surface area contributed by atoms with Gasteiger partial charge >= 0.3 is 0 Å². The van der Waals surface area contributed by atoms with Crippen molar-refractivity contribution in [2.24, 2.45) is 12.8 Å². The van der Waals surface area contributed by atoms with Crippen LogP contribution in [0.2, 0.25) is 0 Å². The number of hydrogen-bond donors (Lipinski definition) is 1. The zero-order chi connectivity index (χ0) is 25.5. The molecular weight excluding hydrogens is 434 g/mol. The van der Waals surface area contributed by atoms with Crippen LogP contribution in [-0.4, -0.2) is 28.9 Å². The molecule has 0 aliphatic rings. The summed E-state index contributed by atoms with van der Waals surface area (Å²) in [6, 6.07) is 7.17. The fourth-order valence-corrected chi connectivity index (χ4v) is 3.44. The maximum absolute atomic E-state index is 11.9. The van der Waals surface area contributed by atoms with Gasteiger partial charge in [0.2, 0.25) is 6.41 Å². The van der Waals surface area contributed by atoms with E-state index >= 15 is 0 Å². The molecule has 0 saturated carbocycles. The molecule has 0 radical (unpaired) electrons. The van der Waals surface area contributed by atoms with E-state index in [1.54, 1.807) is 37.1 Å². The smallest absolute Gasteiger partial charge is 0.250 e. The second-order valence-corrected chi connectivity index (χ2v) is 7.40. The number of amides is 1. The molecule has 0 saturated heterocycles. The number of primary amides is 1. The average Bonchev–Trinajstić information content (AvgIpc) is 3.33. The monoisotopic (exact) mass is 471 g/mol. The maximum atomic E-state index is 11.9. The van der Waals surface area contributed by atoms with E-state index in [9.17, 15) is 9.59 Å². The molecule has 0 aliphatic heterocycles. The van der Waals surface area contributed by atoms with E-state index in [0.717, 1.165) is 48.6 Å². The van der Waals surface area contributed by atoms with Gasteiger partial charge in [0.1, 0.15) is 11.5 Å². The van der Waals surface area contributed by atoms with E-state index in [-0.39, 0.29) is 12.0 Å². The second-order valence-electron chi connectivity index (χ2n) is 7.40. The zero-order valence-corrected chi connectivity index (χ0v) is 20.9. The molecule has 0 spiro atoms. The van der Waals surface area contributed by atoms with Crippen LogP contribution in [0.25, 0.3) is 22.2 Å². The molecule has 34 heavy (non-hydrogen) atoms. The summed E-state index contributed by atoms with van der Waals surface area (Å²) >= 11 is 0. The summed E-state index contributed by atoms with van der Waals surface area (Å²) in [7, 11) is 3.35. The Bertz CT molecular complexity index is 1100. The van der Waals surface area contributed by atoms with Crippen molar-refractivity contribution in [2.75, 3.05) is 7.11 Å². The van der Waals surface area contributed by atoms with E-state index in [0.29, 0.717) is 36.0 Å². The van der Waals surface area contributed by atoms with Gasteiger partial charge in [-0.1, -0.05) is 33.6 Å². The first-order valence-electron chi connectivity index (χ1n) is 11.7. The highest BCUT2D eigenvalue weighted by atomic mass is 16.5. The first-order chi connectivity index (χ1) is 16.4. The minimum Gasteiger partial charge on any atom is -0.496 e. The highest BCUT2D eigenvalue weighted by molar-refractivity contribution is 5.87. The van der Waals surface area contributed by atoms with E-state index in [1.807, 2.05) is 32.9 Å². The third-order valence-electron chi connectivity index (χ3n) is 5.26. The topological polar surface area (TPSA) is 117 Å². The number of Topliss-reactive ketones (excluding diaryl/α,β-unsaturated/α-hetero) is 1. The Morgan fingerprint density at radius 3 is 2.50 bits per heavy atom. The molecule has 8 nitrogen and oxygen atoms in total. The Morgan fingerprint density at radius 2 is 1.85 bits per heavy atom. The van der Waals surface area contributed by atoms with Crippen molar-refractivity contribution in [3.8, 4) is 17.1 Å². The van der Waals surface area contributed by atoms with Crippen molar-refractivity contribution >= 4 is 23.1 Å². The number of nitrogens with two attached hydrogens (primary N) is 1. The second kappa shape index (κ2) is 15.4. The van der Waals surface area contributed by atoms with Gasteiger partial charge in [-0.05, 0) is 30.4 Å². The molecular formula is C26H37N3O5. The number of rotatable bonds is 10. The molecule has 2 heterocycles. The number of carbonyl (C=O) groups excluding carboxylic acids is 2. The molecule has 1 aromatic carbocycles. The lowest BCUT2D eigenvalue weighted by molar-refractivity contribution is -0.118. The molecule has 3 aromatic rings. The van der Waals surface area contributed by atoms with Crippen LogP contribution in [0.4, 0.5) is 0 Å². The van der Waals surface area contributed by atoms with Crippen LogP contribution in [0.5, 0.6) is 5.75 Å². The molecule has 0 unspecified atom stereocenters. The summed E-state index contributed by atoms with van der Waals surface area (Å²) < 4.78 is 13.1. The largest absolute Gasteiger partial charge is 0.496 e. The molecule has 186 valence electrons. The maximum Gasteiger partial charge on any atom is 0.250 e. The Morgan fingerprint density at radius 1 is 1.18 bits per heavy atom. The fourth-order valence-electron chi connectivity index (χ4n) is 3.44. The molecule has 0 aliphatic carbocycles. The Hall–Kier alpha value is -3.42. The van der Waals surface area contributed by atoms with Crippen molar-refractivity contribution in [1.82, 2.24) is 9.55 Å². The summed E-state index contributed by atoms with van der Waals surface area (Å²) in [4.78, 5) is 36.2. The average molecular weight is 472 g/mol. The van der Waals surface area contributed by atoms with Crippen LogP contribution < -0.4 is 16.0 Å². The normalized spacial score (nSPS) is 10.0. The van der Waals surface area contributed by atoms with Gasteiger partial charge in [-0.3, -0.25) is 14.4 Å². The number of hydrogen-bond acceptors (Lipinski definition) is 6. The number of aryl methyl sites for hydroxylation is 2. The SMILES string of the molecule is CC.CCC(=O)CCCCCCc1ncc(-c2cc3ccc(=O)n(C)c3cc2OC)o1.NC=O. The standard InChI is InChI=1S/C23H28N2O4.C2H6.CH3NO/c1-4-17(26)9-7-5-6-8-10-22-24-15-21(29-22)18-13-16-11-12-23(27)25(2)19(16)14-20(18)28-3;1-2;2-1-3/h11-15H,4-10H2,1-3H3;1-2H3;1H,(H2,2,3). The highest BCUT2D eigenvalue weighted by Gasteiger charge is 2.14. The lowest BCUT2D eigenvalue weighted by Crippen LogP contribution is -2.15. The lowest BCUT2D eigenvalue weighted by Gasteiger charge is -2.10. The van der Waals surface area contributed by atoms with Crippen molar-refractivity contribution in [3.63, 3.8) is 0 Å². The number of ketones is 1. The van der Waals surface area contributed by atoms with Gasteiger partial charge in [-0.25, -0.2) is 4.98 Å². The van der Waals surface area contributed by atoms with E-state index in [1.165, 1.54) is 0 Å². The van der Waals surface area contributed by atoms with Gasteiger partial charge in [-0.2, -0.15) is 0 Å². The predicted molar refractivity (Wildman–Crippen MR) is 135 cm³/mol. The van der Waals surface area contributed by atoms with Gasteiger partial charge in [0, 0.05) is 38.4 Å². The molecule has 8 heteroatoms. The molecule has 2 N–H and O–H groups in total. The van der Waals surface area contributed by atoms with E-state index < -0.39 is 0 Å². The minimum atomic E-state index is -0.0617. The van der Waals surface area contributed by atoms with Gasteiger partial charge in [-0.15, -0.1) is 0 Å². The number of carbonyl (C=O) groups is 2. The fraction of sp³-hybridized carbons (Fsp3) is 0.462. The molecule has 0 fully saturated rings. The molecule has 0 atom stereocenters. The van der Waals surface area contributed by atoms with Crippen LogP contribution in [0.15, 0.2) is 39.7 Å². The Balaban J connectivity index is 0.00000107. The minimum absolute atomic E-state index is 0.0617. The number of oxazole rings is 1. The lowest BCUT2D eigenvalue weighted by atomic mass is 10.1. The first kappa shape index (κ1) is 28.6.